The second-order valence-corrected chi connectivity index (χ2v) is 6.05. The topological polar surface area (TPSA) is 72.9 Å². The molecule has 0 spiro atoms. The lowest BCUT2D eigenvalue weighted by Crippen LogP contribution is -2.41. The fourth-order valence-corrected chi connectivity index (χ4v) is 2.39. The predicted molar refractivity (Wildman–Crippen MR) is 52.3 cm³/mol. The third kappa shape index (κ3) is 2.90. The smallest absolute Gasteiger partial charge is 0.342 e. The van der Waals surface area contributed by atoms with Crippen molar-refractivity contribution in [3.63, 3.8) is 0 Å². The molecule has 1 aliphatic rings. The molecule has 15 heavy (non-hydrogen) atoms. The van der Waals surface area contributed by atoms with Crippen LogP contribution in [0, 0.1) is 0 Å². The fourth-order valence-electron chi connectivity index (χ4n) is 1.16. The van der Waals surface area contributed by atoms with Gasteiger partial charge < -0.3 is 4.74 Å². The molecule has 0 amide bonds. The number of hydrogen-bond acceptors (Lipinski definition) is 6. The summed E-state index contributed by atoms with van der Waals surface area (Å²) in [5.41, 5.74) is -0.712. The molecule has 0 bridgehead atoms. The SMILES string of the molecule is CN1COS(=O)(=O)[C@H]1C(=O)OC(C)(C)C. The number of ether oxygens (including phenoxy) is 1. The van der Waals surface area contributed by atoms with Crippen LogP contribution in [0.3, 0.4) is 0 Å². The summed E-state index contributed by atoms with van der Waals surface area (Å²) in [5.74, 6) is -0.803. The van der Waals surface area contributed by atoms with E-state index in [9.17, 15) is 13.2 Å². The van der Waals surface area contributed by atoms with Crippen molar-refractivity contribution in [3.8, 4) is 0 Å². The monoisotopic (exact) mass is 237 g/mol. The summed E-state index contributed by atoms with van der Waals surface area (Å²) in [5, 5.41) is -1.35. The number of esters is 1. The molecule has 0 aromatic heterocycles. The first-order chi connectivity index (χ1) is 6.63. The maximum absolute atomic E-state index is 11.6. The van der Waals surface area contributed by atoms with Gasteiger partial charge in [-0.2, -0.15) is 8.42 Å². The molecule has 1 aliphatic heterocycles. The van der Waals surface area contributed by atoms with Crippen molar-refractivity contribution >= 4 is 16.1 Å². The average molecular weight is 237 g/mol. The highest BCUT2D eigenvalue weighted by Crippen LogP contribution is 2.20. The standard InChI is InChI=1S/C8H15NO5S/c1-8(2,3)14-7(10)6-9(4)5-13-15(6,11)12/h6H,5H2,1-4H3/t6-/m0/s1. The first-order valence-electron chi connectivity index (χ1n) is 4.45. The van der Waals surface area contributed by atoms with Crippen molar-refractivity contribution in [2.75, 3.05) is 13.8 Å². The molecule has 1 saturated heterocycles. The van der Waals surface area contributed by atoms with E-state index in [0.717, 1.165) is 0 Å². The largest absolute Gasteiger partial charge is 0.458 e. The van der Waals surface area contributed by atoms with Crippen molar-refractivity contribution in [3.05, 3.63) is 0 Å². The lowest BCUT2D eigenvalue weighted by atomic mass is 10.2. The molecule has 88 valence electrons. The minimum absolute atomic E-state index is 0.119. The second-order valence-electron chi connectivity index (χ2n) is 4.38. The number of likely N-dealkylation sites (N-methyl/N-ethyl adjacent to an activating group) is 1. The van der Waals surface area contributed by atoms with Gasteiger partial charge >= 0.3 is 5.97 Å². The Kier molecular flexibility index (Phi) is 3.09. The third-order valence-corrected chi connectivity index (χ3v) is 3.24. The Bertz CT molecular complexity index is 356. The molecule has 7 heteroatoms. The average Bonchev–Trinajstić information content (AvgIpc) is 2.21. The number of carbonyl (C=O) groups is 1. The van der Waals surface area contributed by atoms with Crippen LogP contribution in [-0.2, 0) is 23.8 Å². The molecule has 1 rings (SSSR count). The van der Waals surface area contributed by atoms with Crippen LogP contribution in [0.15, 0.2) is 0 Å². The van der Waals surface area contributed by atoms with Gasteiger partial charge in [0.05, 0.1) is 0 Å². The van der Waals surface area contributed by atoms with Crippen LogP contribution < -0.4 is 0 Å². The third-order valence-electron chi connectivity index (χ3n) is 1.70. The van der Waals surface area contributed by atoms with Crippen LogP contribution >= 0.6 is 0 Å². The predicted octanol–water partition coefficient (Wildman–Crippen LogP) is -0.0965. The zero-order chi connectivity index (χ0) is 11.9. The molecule has 0 unspecified atom stereocenters. The number of nitrogens with zero attached hydrogens (tertiary/aromatic N) is 1. The van der Waals surface area contributed by atoms with Crippen LogP contribution in [-0.4, -0.2) is 44.0 Å². The Morgan fingerprint density at radius 3 is 2.33 bits per heavy atom. The highest BCUT2D eigenvalue weighted by atomic mass is 32.2. The van der Waals surface area contributed by atoms with Gasteiger partial charge in [-0.05, 0) is 27.8 Å². The summed E-state index contributed by atoms with van der Waals surface area (Å²) in [4.78, 5) is 12.8. The van der Waals surface area contributed by atoms with E-state index < -0.39 is 27.1 Å². The zero-order valence-electron chi connectivity index (χ0n) is 9.18. The van der Waals surface area contributed by atoms with Gasteiger partial charge in [0.2, 0.25) is 5.37 Å². The van der Waals surface area contributed by atoms with Crippen molar-refractivity contribution in [2.45, 2.75) is 31.7 Å². The van der Waals surface area contributed by atoms with Crippen molar-refractivity contribution < 1.29 is 22.1 Å². The zero-order valence-corrected chi connectivity index (χ0v) is 10.00. The van der Waals surface area contributed by atoms with E-state index in [1.54, 1.807) is 20.8 Å². The lowest BCUT2D eigenvalue weighted by Gasteiger charge is -2.22. The molecule has 0 aromatic carbocycles. The van der Waals surface area contributed by atoms with Crippen LogP contribution in [0.25, 0.3) is 0 Å². The number of rotatable bonds is 1. The molecule has 1 fully saturated rings. The highest BCUT2D eigenvalue weighted by Gasteiger charge is 2.45. The summed E-state index contributed by atoms with van der Waals surface area (Å²) in [7, 11) is -2.37. The summed E-state index contributed by atoms with van der Waals surface area (Å²) in [6.45, 7) is 4.90. The van der Waals surface area contributed by atoms with E-state index in [0.29, 0.717) is 0 Å². The Balaban J connectivity index is 2.84. The van der Waals surface area contributed by atoms with Crippen molar-refractivity contribution in [2.24, 2.45) is 0 Å². The summed E-state index contributed by atoms with van der Waals surface area (Å²) in [6.07, 6.45) is 0. The minimum atomic E-state index is -3.86. The first-order valence-corrected chi connectivity index (χ1v) is 5.92. The van der Waals surface area contributed by atoms with Gasteiger partial charge in [0.25, 0.3) is 10.1 Å². The molecular formula is C8H15NO5S. The van der Waals surface area contributed by atoms with Gasteiger partial charge in [0, 0.05) is 0 Å². The molecule has 6 nitrogen and oxygen atoms in total. The minimum Gasteiger partial charge on any atom is -0.458 e. The molecular weight excluding hydrogens is 222 g/mol. The Hall–Kier alpha value is -0.660. The molecule has 0 aliphatic carbocycles. The van der Waals surface area contributed by atoms with Crippen LogP contribution in [0.4, 0.5) is 0 Å². The lowest BCUT2D eigenvalue weighted by molar-refractivity contribution is -0.157. The molecule has 0 aromatic rings. The van der Waals surface area contributed by atoms with Gasteiger partial charge in [0.1, 0.15) is 12.3 Å². The van der Waals surface area contributed by atoms with E-state index in [1.807, 2.05) is 0 Å². The van der Waals surface area contributed by atoms with Gasteiger partial charge in [-0.1, -0.05) is 0 Å². The quantitative estimate of drug-likeness (QED) is 0.468. The fraction of sp³-hybridized carbons (Fsp3) is 0.875. The van der Waals surface area contributed by atoms with E-state index >= 15 is 0 Å². The van der Waals surface area contributed by atoms with Gasteiger partial charge in [-0.3, -0.25) is 9.08 Å². The summed E-state index contributed by atoms with van der Waals surface area (Å²) >= 11 is 0. The van der Waals surface area contributed by atoms with Crippen LogP contribution in [0.5, 0.6) is 0 Å². The van der Waals surface area contributed by atoms with Gasteiger partial charge in [-0.15, -0.1) is 0 Å². The van der Waals surface area contributed by atoms with Crippen molar-refractivity contribution in [1.29, 1.82) is 0 Å². The highest BCUT2D eigenvalue weighted by molar-refractivity contribution is 7.88. The van der Waals surface area contributed by atoms with Crippen LogP contribution in [0.1, 0.15) is 20.8 Å². The summed E-state index contributed by atoms with van der Waals surface area (Å²) in [6, 6.07) is 0. The van der Waals surface area contributed by atoms with Crippen molar-refractivity contribution in [1.82, 2.24) is 4.90 Å². The molecule has 1 heterocycles. The van der Waals surface area contributed by atoms with Gasteiger partial charge in [0.15, 0.2) is 0 Å². The second kappa shape index (κ2) is 3.73. The summed E-state index contributed by atoms with van der Waals surface area (Å²) < 4.78 is 32.2. The van der Waals surface area contributed by atoms with Crippen LogP contribution in [0.2, 0.25) is 0 Å². The van der Waals surface area contributed by atoms with E-state index in [2.05, 4.69) is 4.18 Å². The normalized spacial score (nSPS) is 26.5. The number of hydrogen-bond donors (Lipinski definition) is 0. The Morgan fingerprint density at radius 2 is 2.00 bits per heavy atom. The Labute approximate surface area is 89.3 Å². The molecule has 0 radical (unpaired) electrons. The first kappa shape index (κ1) is 12.4. The maximum atomic E-state index is 11.6. The molecule has 1 atom stereocenters. The van der Waals surface area contributed by atoms with E-state index in [-0.39, 0.29) is 6.73 Å². The molecule has 0 N–H and O–H groups in total. The molecule has 0 saturated carbocycles. The maximum Gasteiger partial charge on any atom is 0.342 e. The number of carbonyl (C=O) groups excluding carboxylic acids is 1. The van der Waals surface area contributed by atoms with Gasteiger partial charge in [-0.25, -0.2) is 4.79 Å². The Morgan fingerprint density at radius 1 is 1.47 bits per heavy atom. The van der Waals surface area contributed by atoms with E-state index in [1.165, 1.54) is 11.9 Å². The van der Waals surface area contributed by atoms with E-state index in [4.69, 9.17) is 4.74 Å².